The van der Waals surface area contributed by atoms with E-state index in [1.165, 1.54) is 12.1 Å². The molecule has 0 heterocycles. The molecule has 0 aliphatic heterocycles. The standard InChI is InChI=1S/C14H22ClFN2O2/c1-19-5-3-18(4-6-20-2)14(10-17)11-7-12(15)9-13(16)8-11/h7-9,14H,3-6,10,17H2,1-2H3. The van der Waals surface area contributed by atoms with Crippen molar-refractivity contribution in [1.29, 1.82) is 0 Å². The van der Waals surface area contributed by atoms with Gasteiger partial charge >= 0.3 is 0 Å². The number of methoxy groups -OCH3 is 2. The van der Waals surface area contributed by atoms with Crippen LogP contribution in [0.2, 0.25) is 5.02 Å². The molecule has 0 fully saturated rings. The summed E-state index contributed by atoms with van der Waals surface area (Å²) in [7, 11) is 3.29. The number of hydrogen-bond donors (Lipinski definition) is 1. The summed E-state index contributed by atoms with van der Waals surface area (Å²) in [5, 5.41) is 0.372. The van der Waals surface area contributed by atoms with E-state index in [-0.39, 0.29) is 11.9 Å². The molecule has 0 saturated heterocycles. The molecule has 6 heteroatoms. The van der Waals surface area contributed by atoms with Crippen molar-refractivity contribution in [3.63, 3.8) is 0 Å². The van der Waals surface area contributed by atoms with Crippen LogP contribution >= 0.6 is 11.6 Å². The molecule has 1 rings (SSSR count). The minimum absolute atomic E-state index is 0.117. The third-order valence-corrected chi connectivity index (χ3v) is 3.32. The summed E-state index contributed by atoms with van der Waals surface area (Å²) in [5.74, 6) is -0.357. The Morgan fingerprint density at radius 3 is 2.25 bits per heavy atom. The first-order valence-electron chi connectivity index (χ1n) is 6.50. The number of ether oxygens (including phenoxy) is 2. The van der Waals surface area contributed by atoms with Crippen LogP contribution in [0.1, 0.15) is 11.6 Å². The van der Waals surface area contributed by atoms with Gasteiger partial charge in [-0.25, -0.2) is 4.39 Å². The van der Waals surface area contributed by atoms with Gasteiger partial charge < -0.3 is 15.2 Å². The van der Waals surface area contributed by atoms with Crippen LogP contribution in [0.4, 0.5) is 4.39 Å². The summed E-state index contributed by atoms with van der Waals surface area (Å²) < 4.78 is 23.7. The SMILES string of the molecule is COCCN(CCOC)C(CN)c1cc(F)cc(Cl)c1. The van der Waals surface area contributed by atoms with Gasteiger partial charge in [-0.15, -0.1) is 0 Å². The monoisotopic (exact) mass is 304 g/mol. The molecule has 0 bridgehead atoms. The molecule has 0 spiro atoms. The molecule has 0 radical (unpaired) electrons. The topological polar surface area (TPSA) is 47.7 Å². The molecule has 0 aliphatic rings. The Bertz CT molecular complexity index is 379. The number of halogens is 2. The lowest BCUT2D eigenvalue weighted by Crippen LogP contribution is -2.38. The summed E-state index contributed by atoms with van der Waals surface area (Å²) in [5.41, 5.74) is 6.63. The van der Waals surface area contributed by atoms with Gasteiger partial charge in [-0.2, -0.15) is 0 Å². The fourth-order valence-corrected chi connectivity index (χ4v) is 2.33. The minimum atomic E-state index is -0.357. The molecule has 1 aromatic rings. The fourth-order valence-electron chi connectivity index (χ4n) is 2.10. The van der Waals surface area contributed by atoms with Gasteiger partial charge in [-0.05, 0) is 23.8 Å². The predicted molar refractivity (Wildman–Crippen MR) is 78.5 cm³/mol. The van der Waals surface area contributed by atoms with Crippen molar-refractivity contribution in [2.75, 3.05) is 47.1 Å². The molecule has 2 N–H and O–H groups in total. The lowest BCUT2D eigenvalue weighted by molar-refractivity contribution is 0.0890. The van der Waals surface area contributed by atoms with Crippen LogP contribution < -0.4 is 5.73 Å². The molecule has 0 aromatic heterocycles. The number of hydrogen-bond acceptors (Lipinski definition) is 4. The van der Waals surface area contributed by atoms with Crippen LogP contribution in [0.5, 0.6) is 0 Å². The smallest absolute Gasteiger partial charge is 0.125 e. The van der Waals surface area contributed by atoms with E-state index in [0.717, 1.165) is 5.56 Å². The van der Waals surface area contributed by atoms with E-state index in [1.54, 1.807) is 20.3 Å². The van der Waals surface area contributed by atoms with E-state index < -0.39 is 0 Å². The van der Waals surface area contributed by atoms with Crippen LogP contribution in [0.15, 0.2) is 18.2 Å². The van der Waals surface area contributed by atoms with E-state index in [2.05, 4.69) is 4.90 Å². The summed E-state index contributed by atoms with van der Waals surface area (Å²) >= 11 is 5.92. The van der Waals surface area contributed by atoms with Gasteiger partial charge in [-0.1, -0.05) is 11.6 Å². The lowest BCUT2D eigenvalue weighted by Gasteiger charge is -2.31. The first kappa shape index (κ1) is 17.3. The Balaban J connectivity index is 2.91. The zero-order valence-electron chi connectivity index (χ0n) is 11.9. The predicted octanol–water partition coefficient (Wildman–Crippen LogP) is 2.07. The van der Waals surface area contributed by atoms with Crippen molar-refractivity contribution in [1.82, 2.24) is 4.90 Å². The summed E-state index contributed by atoms with van der Waals surface area (Å²) in [4.78, 5) is 2.11. The Morgan fingerprint density at radius 2 is 1.80 bits per heavy atom. The summed E-state index contributed by atoms with van der Waals surface area (Å²) in [6.45, 7) is 2.89. The first-order valence-corrected chi connectivity index (χ1v) is 6.88. The van der Waals surface area contributed by atoms with Gasteiger partial charge in [0.05, 0.1) is 13.2 Å². The highest BCUT2D eigenvalue weighted by Crippen LogP contribution is 2.24. The van der Waals surface area contributed by atoms with Gasteiger partial charge in [-0.3, -0.25) is 4.90 Å². The molecular weight excluding hydrogens is 283 g/mol. The normalized spacial score (nSPS) is 12.9. The van der Waals surface area contributed by atoms with Crippen molar-refractivity contribution in [3.05, 3.63) is 34.6 Å². The number of nitrogens with two attached hydrogens (primary N) is 1. The number of benzene rings is 1. The molecule has 4 nitrogen and oxygen atoms in total. The van der Waals surface area contributed by atoms with Gasteiger partial charge in [0.2, 0.25) is 0 Å². The van der Waals surface area contributed by atoms with Gasteiger partial charge in [0.25, 0.3) is 0 Å². The molecule has 0 saturated carbocycles. The van der Waals surface area contributed by atoms with Crippen molar-refractivity contribution in [3.8, 4) is 0 Å². The van der Waals surface area contributed by atoms with E-state index in [4.69, 9.17) is 26.8 Å². The Hall–Kier alpha value is -0.720. The van der Waals surface area contributed by atoms with Gasteiger partial charge in [0, 0.05) is 44.9 Å². The molecule has 114 valence electrons. The molecule has 0 aliphatic carbocycles. The number of rotatable bonds is 9. The zero-order valence-corrected chi connectivity index (χ0v) is 12.7. The van der Waals surface area contributed by atoms with E-state index >= 15 is 0 Å². The Kier molecular flexibility index (Phi) is 8.02. The quantitative estimate of drug-likeness (QED) is 0.759. The summed E-state index contributed by atoms with van der Waals surface area (Å²) in [6.07, 6.45) is 0. The Labute approximate surface area is 124 Å². The van der Waals surface area contributed by atoms with Gasteiger partial charge in [0.1, 0.15) is 5.82 Å². The van der Waals surface area contributed by atoms with Crippen molar-refractivity contribution in [2.45, 2.75) is 6.04 Å². The maximum absolute atomic E-state index is 13.5. The highest BCUT2D eigenvalue weighted by molar-refractivity contribution is 6.30. The highest BCUT2D eigenvalue weighted by Gasteiger charge is 2.19. The summed E-state index contributed by atoms with van der Waals surface area (Å²) in [6, 6.07) is 4.38. The third kappa shape index (κ3) is 5.34. The number of nitrogens with zero attached hydrogens (tertiary/aromatic N) is 1. The molecule has 1 atom stereocenters. The van der Waals surface area contributed by atoms with E-state index in [0.29, 0.717) is 37.9 Å². The largest absolute Gasteiger partial charge is 0.383 e. The van der Waals surface area contributed by atoms with Crippen LogP contribution in [0, 0.1) is 5.82 Å². The Morgan fingerprint density at radius 1 is 1.20 bits per heavy atom. The van der Waals surface area contributed by atoms with Crippen molar-refractivity contribution < 1.29 is 13.9 Å². The maximum Gasteiger partial charge on any atom is 0.125 e. The van der Waals surface area contributed by atoms with Gasteiger partial charge in [0.15, 0.2) is 0 Å². The lowest BCUT2D eigenvalue weighted by atomic mass is 10.0. The average Bonchev–Trinajstić information content (AvgIpc) is 2.40. The maximum atomic E-state index is 13.5. The minimum Gasteiger partial charge on any atom is -0.383 e. The van der Waals surface area contributed by atoms with Crippen LogP contribution in [-0.4, -0.2) is 52.0 Å². The first-order chi connectivity index (χ1) is 9.62. The molecule has 20 heavy (non-hydrogen) atoms. The van der Waals surface area contributed by atoms with Crippen molar-refractivity contribution >= 4 is 11.6 Å². The molecule has 1 aromatic carbocycles. The van der Waals surface area contributed by atoms with Crippen LogP contribution in [0.3, 0.4) is 0 Å². The third-order valence-electron chi connectivity index (χ3n) is 3.10. The molecule has 0 amide bonds. The van der Waals surface area contributed by atoms with E-state index in [9.17, 15) is 4.39 Å². The zero-order chi connectivity index (χ0) is 15.0. The second kappa shape index (κ2) is 9.26. The average molecular weight is 305 g/mol. The van der Waals surface area contributed by atoms with Crippen molar-refractivity contribution in [2.24, 2.45) is 5.73 Å². The second-order valence-electron chi connectivity index (χ2n) is 4.48. The molecular formula is C14H22ClFN2O2. The fraction of sp³-hybridized carbons (Fsp3) is 0.571. The highest BCUT2D eigenvalue weighted by atomic mass is 35.5. The second-order valence-corrected chi connectivity index (χ2v) is 4.91. The van der Waals surface area contributed by atoms with E-state index in [1.807, 2.05) is 0 Å². The van der Waals surface area contributed by atoms with Crippen LogP contribution in [0.25, 0.3) is 0 Å². The molecule has 1 unspecified atom stereocenters. The van der Waals surface area contributed by atoms with Crippen LogP contribution in [-0.2, 0) is 9.47 Å².